The third kappa shape index (κ3) is 4.61. The Hall–Kier alpha value is -0.650. The zero-order valence-electron chi connectivity index (χ0n) is 10.1. The van der Waals surface area contributed by atoms with E-state index in [2.05, 4.69) is 34.3 Å². The van der Waals surface area contributed by atoms with Crippen LogP contribution >= 0.6 is 23.2 Å². The van der Waals surface area contributed by atoms with Crippen molar-refractivity contribution in [2.45, 2.75) is 26.8 Å². The minimum absolute atomic E-state index is 0.0656. The molecule has 1 aromatic rings. The number of halogens is 2. The molecule has 0 amide bonds. The molecule has 17 heavy (non-hydrogen) atoms. The summed E-state index contributed by atoms with van der Waals surface area (Å²) >= 11 is 11.6. The molecule has 0 aromatic carbocycles. The van der Waals surface area contributed by atoms with E-state index < -0.39 is 0 Å². The lowest BCUT2D eigenvalue weighted by Gasteiger charge is -2.22. The first-order valence-corrected chi connectivity index (χ1v) is 6.20. The Labute approximate surface area is 111 Å². The summed E-state index contributed by atoms with van der Waals surface area (Å²) in [4.78, 5) is 4.00. The molecule has 7 heteroatoms. The van der Waals surface area contributed by atoms with Crippen LogP contribution in [0.4, 0.5) is 5.82 Å². The molecule has 1 rings (SSSR count). The van der Waals surface area contributed by atoms with E-state index in [-0.39, 0.29) is 16.5 Å². The van der Waals surface area contributed by atoms with Gasteiger partial charge in [0.15, 0.2) is 11.0 Å². The van der Waals surface area contributed by atoms with E-state index in [1.165, 1.54) is 0 Å². The maximum Gasteiger partial charge on any atom is 0.245 e. The van der Waals surface area contributed by atoms with Crippen LogP contribution in [0.2, 0.25) is 10.4 Å². The Morgan fingerprint density at radius 2 is 2.00 bits per heavy atom. The monoisotopic (exact) mass is 278 g/mol. The van der Waals surface area contributed by atoms with Crippen molar-refractivity contribution < 1.29 is 4.74 Å². The number of hydrogen-bond donors (Lipinski definition) is 1. The molecule has 1 aromatic heterocycles. The molecule has 5 nitrogen and oxygen atoms in total. The summed E-state index contributed by atoms with van der Waals surface area (Å²) in [6, 6.07) is 0.0974. The number of anilines is 1. The van der Waals surface area contributed by atoms with Crippen LogP contribution in [0.5, 0.6) is 0 Å². The third-order valence-electron chi connectivity index (χ3n) is 2.25. The summed E-state index contributed by atoms with van der Waals surface area (Å²) < 4.78 is 5.40. The Balaban J connectivity index is 2.74. The maximum atomic E-state index is 5.88. The molecule has 1 unspecified atom stereocenters. The van der Waals surface area contributed by atoms with E-state index >= 15 is 0 Å². The molecule has 0 bridgehead atoms. The van der Waals surface area contributed by atoms with Crippen molar-refractivity contribution in [3.8, 4) is 0 Å². The molecule has 1 heterocycles. The molecule has 96 valence electrons. The second kappa shape index (κ2) is 6.93. The van der Waals surface area contributed by atoms with E-state index in [1.807, 2.05) is 6.92 Å². The Kier molecular flexibility index (Phi) is 5.88. The van der Waals surface area contributed by atoms with Crippen LogP contribution in [0, 0.1) is 5.92 Å². The van der Waals surface area contributed by atoms with Crippen LogP contribution in [-0.2, 0) is 4.74 Å². The summed E-state index contributed by atoms with van der Waals surface area (Å²) in [6.45, 7) is 7.36. The standard InChI is InChI=1S/C10H16Cl2N4O/c1-4-17-5-7(6(2)3)13-9-8(11)15-16-10(12)14-9/h6-7H,4-5H2,1-3H3,(H,13,14,16). The Morgan fingerprint density at radius 3 is 2.59 bits per heavy atom. The van der Waals surface area contributed by atoms with E-state index in [9.17, 15) is 0 Å². The minimum Gasteiger partial charge on any atom is -0.380 e. The van der Waals surface area contributed by atoms with Crippen LogP contribution in [0.1, 0.15) is 20.8 Å². The highest BCUT2D eigenvalue weighted by Gasteiger charge is 2.16. The molecule has 0 saturated heterocycles. The fraction of sp³-hybridized carbons (Fsp3) is 0.700. The van der Waals surface area contributed by atoms with Gasteiger partial charge < -0.3 is 10.1 Å². The molecule has 0 aliphatic heterocycles. The van der Waals surface area contributed by atoms with Gasteiger partial charge in [-0.3, -0.25) is 0 Å². The van der Waals surface area contributed by atoms with E-state index in [1.54, 1.807) is 0 Å². The zero-order chi connectivity index (χ0) is 12.8. The molecular formula is C10H16Cl2N4O. The van der Waals surface area contributed by atoms with Gasteiger partial charge in [0.2, 0.25) is 5.28 Å². The summed E-state index contributed by atoms with van der Waals surface area (Å²) in [7, 11) is 0. The maximum absolute atomic E-state index is 5.88. The number of aromatic nitrogens is 3. The third-order valence-corrected chi connectivity index (χ3v) is 2.66. The highest BCUT2D eigenvalue weighted by atomic mass is 35.5. The van der Waals surface area contributed by atoms with Crippen molar-refractivity contribution in [1.82, 2.24) is 15.2 Å². The molecular weight excluding hydrogens is 263 g/mol. The van der Waals surface area contributed by atoms with Crippen molar-refractivity contribution in [2.75, 3.05) is 18.5 Å². The van der Waals surface area contributed by atoms with Crippen molar-refractivity contribution in [2.24, 2.45) is 5.92 Å². The van der Waals surface area contributed by atoms with Gasteiger partial charge in [-0.15, -0.1) is 10.2 Å². The van der Waals surface area contributed by atoms with Gasteiger partial charge >= 0.3 is 0 Å². The van der Waals surface area contributed by atoms with Gasteiger partial charge in [0.05, 0.1) is 12.6 Å². The van der Waals surface area contributed by atoms with Gasteiger partial charge in [-0.1, -0.05) is 25.4 Å². The Morgan fingerprint density at radius 1 is 1.29 bits per heavy atom. The first-order valence-electron chi connectivity index (χ1n) is 5.44. The van der Waals surface area contributed by atoms with Gasteiger partial charge in [-0.05, 0) is 24.4 Å². The number of ether oxygens (including phenoxy) is 1. The SMILES string of the molecule is CCOCC(Nc1nc(Cl)nnc1Cl)C(C)C. The Bertz CT molecular complexity index is 362. The predicted molar refractivity (Wildman–Crippen MR) is 68.6 cm³/mol. The average Bonchev–Trinajstić information content (AvgIpc) is 2.28. The summed E-state index contributed by atoms with van der Waals surface area (Å²) in [6.07, 6.45) is 0. The van der Waals surface area contributed by atoms with E-state index in [0.717, 1.165) is 0 Å². The van der Waals surface area contributed by atoms with Gasteiger partial charge in [0.1, 0.15) is 0 Å². The second-order valence-corrected chi connectivity index (χ2v) is 4.57. The van der Waals surface area contributed by atoms with Crippen LogP contribution in [-0.4, -0.2) is 34.4 Å². The lowest BCUT2D eigenvalue weighted by atomic mass is 10.1. The van der Waals surface area contributed by atoms with E-state index in [4.69, 9.17) is 27.9 Å². The predicted octanol–water partition coefficient (Wildman–Crippen LogP) is 2.65. The number of rotatable bonds is 6. The molecule has 0 aliphatic rings. The van der Waals surface area contributed by atoms with Gasteiger partial charge in [0, 0.05) is 6.61 Å². The highest BCUT2D eigenvalue weighted by Crippen LogP contribution is 2.19. The normalized spacial score (nSPS) is 12.8. The minimum atomic E-state index is 0.0656. The molecule has 1 atom stereocenters. The second-order valence-electron chi connectivity index (χ2n) is 3.87. The molecule has 0 radical (unpaired) electrons. The van der Waals surface area contributed by atoms with Crippen LogP contribution in [0.3, 0.4) is 0 Å². The highest BCUT2D eigenvalue weighted by molar-refractivity contribution is 6.32. The largest absolute Gasteiger partial charge is 0.380 e. The number of nitrogens with zero attached hydrogens (tertiary/aromatic N) is 3. The van der Waals surface area contributed by atoms with Gasteiger partial charge in [-0.2, -0.15) is 4.98 Å². The van der Waals surface area contributed by atoms with Crippen molar-refractivity contribution in [1.29, 1.82) is 0 Å². The summed E-state index contributed by atoms with van der Waals surface area (Å²) in [5, 5.41) is 10.7. The van der Waals surface area contributed by atoms with Crippen LogP contribution in [0.25, 0.3) is 0 Å². The van der Waals surface area contributed by atoms with Crippen molar-refractivity contribution >= 4 is 29.0 Å². The lowest BCUT2D eigenvalue weighted by Crippen LogP contribution is -2.31. The van der Waals surface area contributed by atoms with Crippen LogP contribution < -0.4 is 5.32 Å². The fourth-order valence-electron chi connectivity index (χ4n) is 1.21. The number of nitrogens with one attached hydrogen (secondary N) is 1. The molecule has 1 N–H and O–H groups in total. The lowest BCUT2D eigenvalue weighted by molar-refractivity contribution is 0.126. The van der Waals surface area contributed by atoms with E-state index in [0.29, 0.717) is 24.9 Å². The van der Waals surface area contributed by atoms with Crippen molar-refractivity contribution in [3.63, 3.8) is 0 Å². The average molecular weight is 279 g/mol. The van der Waals surface area contributed by atoms with Gasteiger partial charge in [-0.25, -0.2) is 0 Å². The number of hydrogen-bond acceptors (Lipinski definition) is 5. The quantitative estimate of drug-likeness (QED) is 0.867. The van der Waals surface area contributed by atoms with Gasteiger partial charge in [0.25, 0.3) is 0 Å². The topological polar surface area (TPSA) is 59.9 Å². The van der Waals surface area contributed by atoms with Crippen molar-refractivity contribution in [3.05, 3.63) is 10.4 Å². The summed E-state index contributed by atoms with van der Waals surface area (Å²) in [5.74, 6) is 0.802. The molecule has 0 aliphatic carbocycles. The fourth-order valence-corrected chi connectivity index (χ4v) is 1.46. The smallest absolute Gasteiger partial charge is 0.245 e. The molecule has 0 spiro atoms. The molecule has 0 fully saturated rings. The first-order chi connectivity index (χ1) is 8.04. The molecule has 0 saturated carbocycles. The first kappa shape index (κ1) is 14.4. The van der Waals surface area contributed by atoms with Crippen LogP contribution in [0.15, 0.2) is 0 Å². The summed E-state index contributed by atoms with van der Waals surface area (Å²) in [5.41, 5.74) is 0. The zero-order valence-corrected chi connectivity index (χ0v) is 11.6.